The van der Waals surface area contributed by atoms with Gasteiger partial charge in [0.2, 0.25) is 0 Å². The highest BCUT2D eigenvalue weighted by Gasteiger charge is 2.54. The monoisotopic (exact) mass is 725 g/mol. The lowest BCUT2D eigenvalue weighted by atomic mass is 9.88. The SMILES string of the molecule is CCCCCCCCCCC(CCCCCCCCCC)n1c2cc(B3OC(C)(C)C(C)(C)O3)sc2c2sc(B3OC(C)(C)C(C)(C)O3)cc21. The summed E-state index contributed by atoms with van der Waals surface area (Å²) in [5.41, 5.74) is 1.26. The molecule has 0 atom stereocenters. The molecule has 2 fully saturated rings. The number of hydrogen-bond acceptors (Lipinski definition) is 6. The van der Waals surface area contributed by atoms with E-state index in [1.165, 1.54) is 146 Å². The topological polar surface area (TPSA) is 41.9 Å². The van der Waals surface area contributed by atoms with Crippen molar-refractivity contribution >= 4 is 66.9 Å². The smallest absolute Gasteiger partial charge is 0.399 e. The summed E-state index contributed by atoms with van der Waals surface area (Å²) < 4.78 is 34.1. The summed E-state index contributed by atoms with van der Waals surface area (Å²) in [6, 6.07) is 5.27. The van der Waals surface area contributed by atoms with Gasteiger partial charge in [-0.1, -0.05) is 117 Å². The molecule has 0 aromatic carbocycles. The Morgan fingerprint density at radius 2 is 0.800 bits per heavy atom. The first-order valence-corrected chi connectivity index (χ1v) is 22.1. The third-order valence-corrected chi connectivity index (χ3v) is 14.8. The van der Waals surface area contributed by atoms with Gasteiger partial charge in [-0.15, -0.1) is 22.7 Å². The zero-order valence-electron chi connectivity index (χ0n) is 33.5. The Balaban J connectivity index is 1.44. The zero-order valence-corrected chi connectivity index (χ0v) is 35.1. The van der Waals surface area contributed by atoms with Crippen LogP contribution >= 0.6 is 22.7 Å². The average molecular weight is 726 g/mol. The van der Waals surface area contributed by atoms with Crippen LogP contribution in [0.4, 0.5) is 0 Å². The molecule has 5 heterocycles. The largest absolute Gasteiger partial charge is 0.505 e. The zero-order chi connectivity index (χ0) is 36.2. The standard InChI is InChI=1S/C41H69B2NO4S2/c1-11-13-15-17-19-21-23-25-27-31(28-26-24-22-20-18-16-14-12-2)44-32-29-34(42-45-38(3,4)39(5,6)46-42)49-36(32)37-33(44)30-35(50-37)43-47-40(7,8)41(9,10)48-43/h29-31H,11-28H2,1-10H3. The highest BCUT2D eigenvalue weighted by molar-refractivity contribution is 7.35. The van der Waals surface area contributed by atoms with Crippen LogP contribution in [0.5, 0.6) is 0 Å². The number of fused-ring (bicyclic) bond motifs is 3. The molecule has 2 aliphatic rings. The van der Waals surface area contributed by atoms with Crippen molar-refractivity contribution in [3.8, 4) is 0 Å². The Labute approximate surface area is 314 Å². The van der Waals surface area contributed by atoms with Gasteiger partial charge in [-0.3, -0.25) is 0 Å². The molecular weight excluding hydrogens is 656 g/mol. The van der Waals surface area contributed by atoms with Crippen molar-refractivity contribution in [3.05, 3.63) is 12.1 Å². The summed E-state index contributed by atoms with van der Waals surface area (Å²) in [6.45, 7) is 21.8. The maximum atomic E-state index is 6.59. The Kier molecular flexibility index (Phi) is 13.8. The van der Waals surface area contributed by atoms with Crippen molar-refractivity contribution < 1.29 is 18.6 Å². The molecule has 5 rings (SSSR count). The Bertz CT molecular complexity index is 1360. The minimum atomic E-state index is -0.362. The molecular formula is C41H69B2NO4S2. The lowest BCUT2D eigenvalue weighted by Crippen LogP contribution is -2.41. The molecule has 0 radical (unpaired) electrons. The lowest BCUT2D eigenvalue weighted by molar-refractivity contribution is 0.00578. The average Bonchev–Trinajstić information content (AvgIpc) is 3.80. The molecule has 0 saturated carbocycles. The number of thiophene rings is 2. The van der Waals surface area contributed by atoms with Crippen LogP contribution in [0.3, 0.4) is 0 Å². The van der Waals surface area contributed by atoms with E-state index in [4.69, 9.17) is 18.6 Å². The van der Waals surface area contributed by atoms with Crippen LogP contribution < -0.4 is 9.55 Å². The number of unbranched alkanes of at least 4 members (excludes halogenated alkanes) is 14. The third-order valence-electron chi connectivity index (χ3n) is 12.3. The van der Waals surface area contributed by atoms with Gasteiger partial charge in [0.1, 0.15) is 0 Å². The van der Waals surface area contributed by atoms with E-state index in [1.54, 1.807) is 0 Å². The second-order valence-corrected chi connectivity index (χ2v) is 19.6. The fourth-order valence-electron chi connectivity index (χ4n) is 7.59. The number of rotatable bonds is 21. The molecule has 0 N–H and O–H groups in total. The summed E-state index contributed by atoms with van der Waals surface area (Å²) in [5, 5.41) is 0. The molecule has 0 unspecified atom stereocenters. The van der Waals surface area contributed by atoms with Crippen molar-refractivity contribution in [1.29, 1.82) is 0 Å². The second-order valence-electron chi connectivity index (χ2n) is 17.5. The van der Waals surface area contributed by atoms with E-state index >= 15 is 0 Å². The molecule has 2 aliphatic heterocycles. The molecule has 280 valence electrons. The predicted molar refractivity (Wildman–Crippen MR) is 220 cm³/mol. The van der Waals surface area contributed by atoms with Crippen LogP contribution in [0.1, 0.15) is 191 Å². The first kappa shape index (κ1) is 40.4. The molecule has 3 aromatic rings. The summed E-state index contributed by atoms with van der Waals surface area (Å²) in [4.78, 5) is 0. The maximum Gasteiger partial charge on any atom is 0.505 e. The van der Waals surface area contributed by atoms with Crippen molar-refractivity contribution in [3.63, 3.8) is 0 Å². The number of aromatic nitrogens is 1. The van der Waals surface area contributed by atoms with Gasteiger partial charge in [-0.2, -0.15) is 0 Å². The van der Waals surface area contributed by atoms with Gasteiger partial charge in [0.15, 0.2) is 0 Å². The number of hydrogen-bond donors (Lipinski definition) is 0. The lowest BCUT2D eigenvalue weighted by Gasteiger charge is -2.32. The van der Waals surface area contributed by atoms with E-state index < -0.39 is 0 Å². The van der Waals surface area contributed by atoms with Gasteiger partial charge >= 0.3 is 14.2 Å². The third kappa shape index (κ3) is 9.09. The van der Waals surface area contributed by atoms with E-state index in [9.17, 15) is 0 Å². The van der Waals surface area contributed by atoms with Crippen LogP contribution in [0.15, 0.2) is 12.1 Å². The normalized spacial score (nSPS) is 19.7. The fraction of sp³-hybridized carbons (Fsp3) is 0.805. The molecule has 2 saturated heterocycles. The van der Waals surface area contributed by atoms with Crippen molar-refractivity contribution in [2.45, 2.75) is 213 Å². The molecule has 0 bridgehead atoms. The van der Waals surface area contributed by atoms with Gasteiger partial charge in [-0.05, 0) is 80.4 Å². The van der Waals surface area contributed by atoms with E-state index in [0.29, 0.717) is 6.04 Å². The second kappa shape index (κ2) is 17.1. The Hall–Kier alpha value is -0.830. The van der Waals surface area contributed by atoms with Gasteiger partial charge in [-0.25, -0.2) is 0 Å². The van der Waals surface area contributed by atoms with Crippen LogP contribution in [-0.2, 0) is 18.6 Å². The minimum absolute atomic E-state index is 0.345. The summed E-state index contributed by atoms with van der Waals surface area (Å²) in [6.07, 6.45) is 24.1. The van der Waals surface area contributed by atoms with Gasteiger partial charge < -0.3 is 23.2 Å². The van der Waals surface area contributed by atoms with E-state index in [1.807, 2.05) is 22.7 Å². The Morgan fingerprint density at radius 3 is 1.12 bits per heavy atom. The molecule has 0 amide bonds. The predicted octanol–water partition coefficient (Wildman–Crippen LogP) is 12.1. The van der Waals surface area contributed by atoms with Crippen LogP contribution in [0, 0.1) is 0 Å². The summed E-state index contributed by atoms with van der Waals surface area (Å²) >= 11 is 3.72. The maximum absolute atomic E-state index is 6.59. The van der Waals surface area contributed by atoms with Crippen molar-refractivity contribution in [1.82, 2.24) is 4.57 Å². The molecule has 50 heavy (non-hydrogen) atoms. The van der Waals surface area contributed by atoms with Crippen molar-refractivity contribution in [2.75, 3.05) is 0 Å². The molecule has 0 spiro atoms. The molecule has 3 aromatic heterocycles. The van der Waals surface area contributed by atoms with E-state index in [2.05, 4.69) is 85.9 Å². The van der Waals surface area contributed by atoms with Crippen LogP contribution in [0.2, 0.25) is 0 Å². The molecule has 0 aliphatic carbocycles. The first-order valence-electron chi connectivity index (χ1n) is 20.5. The van der Waals surface area contributed by atoms with Gasteiger partial charge in [0.05, 0.1) is 42.8 Å². The van der Waals surface area contributed by atoms with Gasteiger partial charge in [0, 0.05) is 15.6 Å². The van der Waals surface area contributed by atoms with Crippen molar-refractivity contribution in [2.24, 2.45) is 0 Å². The van der Waals surface area contributed by atoms with Crippen LogP contribution in [-0.4, -0.2) is 41.2 Å². The highest BCUT2D eigenvalue weighted by atomic mass is 32.1. The van der Waals surface area contributed by atoms with Gasteiger partial charge in [0.25, 0.3) is 0 Å². The van der Waals surface area contributed by atoms with E-state index in [0.717, 1.165) is 0 Å². The minimum Gasteiger partial charge on any atom is -0.399 e. The molecule has 9 heteroatoms. The van der Waals surface area contributed by atoms with Crippen LogP contribution in [0.25, 0.3) is 20.4 Å². The summed E-state index contributed by atoms with van der Waals surface area (Å²) in [7, 11) is -0.690. The molecule has 5 nitrogen and oxygen atoms in total. The first-order chi connectivity index (χ1) is 23.7. The van der Waals surface area contributed by atoms with E-state index in [-0.39, 0.29) is 36.6 Å². The summed E-state index contributed by atoms with van der Waals surface area (Å²) in [5.74, 6) is 0. The fourth-order valence-corrected chi connectivity index (χ4v) is 9.95. The Morgan fingerprint density at radius 1 is 0.500 bits per heavy atom. The highest BCUT2D eigenvalue weighted by Crippen LogP contribution is 2.44. The number of nitrogens with zero attached hydrogens (tertiary/aromatic N) is 1. The quantitative estimate of drug-likeness (QED) is 0.0810.